The standard InChI is InChI=1S/C24H22ClN5O4S/c25-20-7-2-1-4-15(20)13-23(31)27-18-10-11-21(22(14-18)35-34-30-29-26)33-19-6-3-5-16(12-19)24(32)28-17-8-9-17/h1-7,10-12,14,17H,8-9,13H2,(H2,26,30)(H,27,31)(H,28,32). The van der Waals surface area contributed by atoms with Crippen LogP contribution in [0.5, 0.6) is 11.5 Å². The first-order valence-corrected chi connectivity index (χ1v) is 11.8. The molecule has 1 saturated carbocycles. The number of hydrogen-bond acceptors (Lipinski definition) is 7. The van der Waals surface area contributed by atoms with Gasteiger partial charge in [0.15, 0.2) is 0 Å². The molecule has 0 radical (unpaired) electrons. The summed E-state index contributed by atoms with van der Waals surface area (Å²) in [5.41, 5.74) is 1.74. The molecule has 0 bridgehead atoms. The number of halogens is 1. The highest BCUT2D eigenvalue weighted by Gasteiger charge is 2.24. The molecule has 1 fully saturated rings. The average Bonchev–Trinajstić information content (AvgIpc) is 3.66. The van der Waals surface area contributed by atoms with E-state index >= 15 is 0 Å². The summed E-state index contributed by atoms with van der Waals surface area (Å²) in [7, 11) is 0. The van der Waals surface area contributed by atoms with Crippen LogP contribution in [0.2, 0.25) is 5.02 Å². The van der Waals surface area contributed by atoms with Crippen molar-refractivity contribution in [2.75, 3.05) is 5.32 Å². The van der Waals surface area contributed by atoms with E-state index in [-0.39, 0.29) is 24.3 Å². The Labute approximate surface area is 211 Å². The molecular weight excluding hydrogens is 490 g/mol. The van der Waals surface area contributed by atoms with Gasteiger partial charge in [0.25, 0.3) is 5.91 Å². The number of rotatable bonds is 10. The third-order valence-electron chi connectivity index (χ3n) is 4.98. The Balaban J connectivity index is 1.49. The molecule has 11 heteroatoms. The summed E-state index contributed by atoms with van der Waals surface area (Å²) in [6, 6.07) is 19.3. The predicted molar refractivity (Wildman–Crippen MR) is 133 cm³/mol. The molecule has 4 rings (SSSR count). The van der Waals surface area contributed by atoms with Crippen molar-refractivity contribution in [3.8, 4) is 11.5 Å². The van der Waals surface area contributed by atoms with Gasteiger partial charge in [-0.3, -0.25) is 13.9 Å². The van der Waals surface area contributed by atoms with E-state index in [1.165, 1.54) is 0 Å². The van der Waals surface area contributed by atoms with E-state index in [2.05, 4.69) is 21.1 Å². The van der Waals surface area contributed by atoms with E-state index in [9.17, 15) is 9.59 Å². The van der Waals surface area contributed by atoms with Gasteiger partial charge in [-0.2, -0.15) is 0 Å². The second-order valence-electron chi connectivity index (χ2n) is 7.71. The van der Waals surface area contributed by atoms with E-state index in [1.54, 1.807) is 60.7 Å². The number of hydrogen-bond donors (Lipinski definition) is 3. The van der Waals surface area contributed by atoms with Crippen LogP contribution in [0.3, 0.4) is 0 Å². The van der Waals surface area contributed by atoms with E-state index in [0.29, 0.717) is 32.7 Å². The minimum Gasteiger partial charge on any atom is -0.456 e. The van der Waals surface area contributed by atoms with Crippen molar-refractivity contribution in [3.63, 3.8) is 0 Å². The Morgan fingerprint density at radius 1 is 1.09 bits per heavy atom. The summed E-state index contributed by atoms with van der Waals surface area (Å²) >= 11 is 7.00. The Bertz CT molecular complexity index is 1250. The van der Waals surface area contributed by atoms with Crippen LogP contribution in [0.4, 0.5) is 5.69 Å². The fourth-order valence-electron chi connectivity index (χ4n) is 3.16. The smallest absolute Gasteiger partial charge is 0.251 e. The number of nitrogens with one attached hydrogen (secondary N) is 2. The molecule has 0 unspecified atom stereocenters. The molecule has 3 aromatic carbocycles. The number of anilines is 1. The maximum atomic E-state index is 12.5. The normalized spacial score (nSPS) is 12.8. The minimum absolute atomic E-state index is 0.119. The first-order valence-electron chi connectivity index (χ1n) is 10.7. The second kappa shape index (κ2) is 11.6. The van der Waals surface area contributed by atoms with Gasteiger partial charge in [-0.1, -0.05) is 35.9 Å². The van der Waals surface area contributed by atoms with Gasteiger partial charge in [0.05, 0.1) is 16.6 Å². The molecule has 9 nitrogen and oxygen atoms in total. The quantitative estimate of drug-likeness (QED) is 0.143. The zero-order valence-corrected chi connectivity index (χ0v) is 20.0. The van der Waals surface area contributed by atoms with Crippen LogP contribution in [0, 0.1) is 0 Å². The Morgan fingerprint density at radius 2 is 1.91 bits per heavy atom. The summed E-state index contributed by atoms with van der Waals surface area (Å²) < 4.78 is 11.0. The van der Waals surface area contributed by atoms with Gasteiger partial charge >= 0.3 is 0 Å². The zero-order valence-electron chi connectivity index (χ0n) is 18.4. The van der Waals surface area contributed by atoms with Gasteiger partial charge in [-0.05, 0) is 66.1 Å². The lowest BCUT2D eigenvalue weighted by Crippen LogP contribution is -2.25. The maximum absolute atomic E-state index is 12.5. The number of ether oxygens (including phenoxy) is 1. The lowest BCUT2D eigenvalue weighted by molar-refractivity contribution is -0.115. The fourth-order valence-corrected chi connectivity index (χ4v) is 3.88. The largest absolute Gasteiger partial charge is 0.456 e. The minimum atomic E-state index is -0.236. The molecule has 2 amide bonds. The highest BCUT2D eigenvalue weighted by molar-refractivity contribution is 7.94. The molecule has 0 aliphatic heterocycles. The van der Waals surface area contributed by atoms with Gasteiger partial charge in [0, 0.05) is 22.3 Å². The van der Waals surface area contributed by atoms with E-state index in [4.69, 9.17) is 26.5 Å². The Hall–Kier alpha value is -3.76. The summed E-state index contributed by atoms with van der Waals surface area (Å²) in [5.74, 6) is 5.51. The molecule has 1 aliphatic rings. The third-order valence-corrected chi connectivity index (χ3v) is 5.99. The van der Waals surface area contributed by atoms with Gasteiger partial charge in [-0.15, -0.1) is 0 Å². The van der Waals surface area contributed by atoms with Crippen LogP contribution in [0.1, 0.15) is 28.8 Å². The third kappa shape index (κ3) is 7.11. The molecular formula is C24H22ClN5O4S. The second-order valence-corrected chi connectivity index (χ2v) is 8.87. The number of carbonyl (C=O) groups is 2. The average molecular weight is 512 g/mol. The van der Waals surface area contributed by atoms with Crippen LogP contribution < -0.4 is 21.2 Å². The molecule has 180 valence electrons. The van der Waals surface area contributed by atoms with Crippen molar-refractivity contribution >= 4 is 41.1 Å². The lowest BCUT2D eigenvalue weighted by Gasteiger charge is -2.13. The predicted octanol–water partition coefficient (Wildman–Crippen LogP) is 5.47. The van der Waals surface area contributed by atoms with Crippen molar-refractivity contribution in [3.05, 3.63) is 82.9 Å². The van der Waals surface area contributed by atoms with Crippen molar-refractivity contribution in [1.82, 2.24) is 5.32 Å². The van der Waals surface area contributed by atoms with Gasteiger partial charge in [0.1, 0.15) is 23.5 Å². The molecule has 4 N–H and O–H groups in total. The van der Waals surface area contributed by atoms with Crippen molar-refractivity contribution in [2.45, 2.75) is 30.2 Å². The van der Waals surface area contributed by atoms with Gasteiger partial charge < -0.3 is 21.2 Å². The number of carbonyl (C=O) groups excluding carboxylic acids is 2. The summed E-state index contributed by atoms with van der Waals surface area (Å²) in [4.78, 5) is 25.4. The maximum Gasteiger partial charge on any atom is 0.251 e. The molecule has 35 heavy (non-hydrogen) atoms. The number of amides is 2. The molecule has 3 aromatic rings. The lowest BCUT2D eigenvalue weighted by atomic mass is 10.1. The van der Waals surface area contributed by atoms with Crippen molar-refractivity contribution in [1.29, 1.82) is 0 Å². The number of nitrogens with two attached hydrogens (primary N) is 1. The molecule has 1 aliphatic carbocycles. The highest BCUT2D eigenvalue weighted by Crippen LogP contribution is 2.36. The zero-order chi connectivity index (χ0) is 24.6. The Morgan fingerprint density at radius 3 is 2.69 bits per heavy atom. The topological polar surface area (TPSA) is 127 Å². The summed E-state index contributed by atoms with van der Waals surface area (Å²) in [6.07, 6.45) is 2.13. The van der Waals surface area contributed by atoms with Crippen LogP contribution in [0.15, 0.2) is 82.1 Å². The monoisotopic (exact) mass is 511 g/mol. The highest BCUT2D eigenvalue weighted by atomic mass is 35.5. The summed E-state index contributed by atoms with van der Waals surface area (Å²) in [6.45, 7) is 0. The fraction of sp³-hybridized carbons (Fsp3) is 0.167. The molecule has 0 heterocycles. The summed E-state index contributed by atoms with van der Waals surface area (Å²) in [5, 5.41) is 12.7. The van der Waals surface area contributed by atoms with Crippen LogP contribution >= 0.6 is 23.6 Å². The van der Waals surface area contributed by atoms with Crippen molar-refractivity contribution in [2.24, 2.45) is 16.3 Å². The van der Waals surface area contributed by atoms with Gasteiger partial charge in [-0.25, -0.2) is 0 Å². The molecule has 0 aromatic heterocycles. The van der Waals surface area contributed by atoms with Crippen LogP contribution in [-0.2, 0) is 15.5 Å². The first kappa shape index (κ1) is 24.4. The molecule has 0 saturated heterocycles. The van der Waals surface area contributed by atoms with Crippen LogP contribution in [-0.4, -0.2) is 17.9 Å². The van der Waals surface area contributed by atoms with E-state index in [0.717, 1.165) is 30.4 Å². The molecule has 0 spiro atoms. The SMILES string of the molecule is NN=NOSc1cc(NC(=O)Cc2ccccc2Cl)ccc1Oc1cccc(C(=O)NC2CC2)c1. The van der Waals surface area contributed by atoms with E-state index in [1.807, 2.05) is 6.07 Å². The molecule has 0 atom stereocenters. The number of benzene rings is 3. The number of nitrogens with zero attached hydrogens (tertiary/aromatic N) is 2. The Kier molecular flexibility index (Phi) is 8.07. The van der Waals surface area contributed by atoms with Crippen LogP contribution in [0.25, 0.3) is 0 Å². The van der Waals surface area contributed by atoms with E-state index < -0.39 is 0 Å². The van der Waals surface area contributed by atoms with Gasteiger partial charge in [0.2, 0.25) is 5.91 Å². The van der Waals surface area contributed by atoms with Crippen molar-refractivity contribution < 1.29 is 18.6 Å². The first-order chi connectivity index (χ1) is 17.0.